The lowest BCUT2D eigenvalue weighted by atomic mass is 10.1. The highest BCUT2D eigenvalue weighted by Crippen LogP contribution is 2.16. The van der Waals surface area contributed by atoms with Crippen LogP contribution in [-0.2, 0) is 11.3 Å². The van der Waals surface area contributed by atoms with Crippen molar-refractivity contribution in [2.75, 3.05) is 6.61 Å². The summed E-state index contributed by atoms with van der Waals surface area (Å²) in [4.78, 5) is 11.8. The molecule has 2 aromatic carbocycles. The van der Waals surface area contributed by atoms with Gasteiger partial charge in [-0.1, -0.05) is 29.8 Å². The zero-order valence-electron chi connectivity index (χ0n) is 12.9. The van der Waals surface area contributed by atoms with E-state index in [1.165, 1.54) is 0 Å². The summed E-state index contributed by atoms with van der Waals surface area (Å²) in [5.74, 6) is 0.780. The summed E-state index contributed by atoms with van der Waals surface area (Å²) in [5, 5.41) is 3.56. The molecule has 0 aliphatic carbocycles. The minimum Gasteiger partial charge on any atom is -0.493 e. The number of ether oxygens (including phenoxy) is 1. The Kier molecular flexibility index (Phi) is 5.84. The predicted molar refractivity (Wildman–Crippen MR) is 89.3 cm³/mol. The summed E-state index contributed by atoms with van der Waals surface area (Å²) in [5.41, 5.74) is 3.33. The van der Waals surface area contributed by atoms with Crippen LogP contribution in [0, 0.1) is 13.8 Å². The maximum atomic E-state index is 11.8. The van der Waals surface area contributed by atoms with E-state index in [0.29, 0.717) is 24.6 Å². The van der Waals surface area contributed by atoms with E-state index in [-0.39, 0.29) is 5.91 Å². The van der Waals surface area contributed by atoms with Crippen molar-refractivity contribution in [2.24, 2.45) is 0 Å². The molecule has 1 N–H and O–H groups in total. The molecule has 3 nitrogen and oxygen atoms in total. The summed E-state index contributed by atoms with van der Waals surface area (Å²) in [6.45, 7) is 4.92. The molecule has 116 valence electrons. The van der Waals surface area contributed by atoms with Gasteiger partial charge in [0.15, 0.2) is 0 Å². The van der Waals surface area contributed by atoms with E-state index in [9.17, 15) is 4.79 Å². The molecule has 2 rings (SSSR count). The number of benzene rings is 2. The van der Waals surface area contributed by atoms with Gasteiger partial charge in [-0.25, -0.2) is 0 Å². The van der Waals surface area contributed by atoms with Crippen LogP contribution >= 0.6 is 11.6 Å². The summed E-state index contributed by atoms with van der Waals surface area (Å²) < 4.78 is 5.63. The molecular formula is C18H20ClNO2. The minimum atomic E-state index is -0.0284. The van der Waals surface area contributed by atoms with Crippen molar-refractivity contribution in [2.45, 2.75) is 26.8 Å². The van der Waals surface area contributed by atoms with Crippen molar-refractivity contribution in [3.63, 3.8) is 0 Å². The Bertz CT molecular complexity index is 618. The molecule has 1 amide bonds. The normalized spacial score (nSPS) is 10.3. The van der Waals surface area contributed by atoms with Gasteiger partial charge in [-0.2, -0.15) is 0 Å². The van der Waals surface area contributed by atoms with Gasteiger partial charge in [0.05, 0.1) is 13.0 Å². The first-order valence-corrected chi connectivity index (χ1v) is 7.63. The number of aryl methyl sites for hydroxylation is 2. The smallest absolute Gasteiger partial charge is 0.223 e. The Morgan fingerprint density at radius 2 is 1.73 bits per heavy atom. The first-order chi connectivity index (χ1) is 10.5. The molecule has 4 heteroatoms. The highest BCUT2D eigenvalue weighted by molar-refractivity contribution is 6.30. The fraction of sp³-hybridized carbons (Fsp3) is 0.278. The number of carbonyl (C=O) groups excluding carboxylic acids is 1. The second kappa shape index (κ2) is 7.85. The highest BCUT2D eigenvalue weighted by Gasteiger charge is 2.03. The lowest BCUT2D eigenvalue weighted by Gasteiger charge is -2.09. The van der Waals surface area contributed by atoms with Gasteiger partial charge in [-0.05, 0) is 54.8 Å². The Morgan fingerprint density at radius 3 is 2.36 bits per heavy atom. The van der Waals surface area contributed by atoms with Crippen LogP contribution in [0.2, 0.25) is 5.02 Å². The fourth-order valence-corrected chi connectivity index (χ4v) is 2.30. The third kappa shape index (κ3) is 5.41. The van der Waals surface area contributed by atoms with Crippen LogP contribution in [0.3, 0.4) is 0 Å². The van der Waals surface area contributed by atoms with Gasteiger partial charge in [0, 0.05) is 11.6 Å². The molecule has 0 radical (unpaired) electrons. The van der Waals surface area contributed by atoms with E-state index < -0.39 is 0 Å². The van der Waals surface area contributed by atoms with E-state index in [4.69, 9.17) is 16.3 Å². The maximum absolute atomic E-state index is 11.8. The molecular weight excluding hydrogens is 298 g/mol. The SMILES string of the molecule is Cc1cc(C)cc(OCCC(=O)NCc2ccc(Cl)cc2)c1. The van der Waals surface area contributed by atoms with E-state index in [0.717, 1.165) is 22.4 Å². The number of nitrogens with one attached hydrogen (secondary N) is 1. The van der Waals surface area contributed by atoms with Crippen LogP contribution in [0.5, 0.6) is 5.75 Å². The van der Waals surface area contributed by atoms with Crippen molar-refractivity contribution in [1.29, 1.82) is 0 Å². The Morgan fingerprint density at radius 1 is 1.09 bits per heavy atom. The second-order valence-corrected chi connectivity index (χ2v) is 5.76. The molecule has 0 heterocycles. The monoisotopic (exact) mass is 317 g/mol. The third-order valence-corrected chi connectivity index (χ3v) is 3.45. The van der Waals surface area contributed by atoms with Gasteiger partial charge in [0.25, 0.3) is 0 Å². The highest BCUT2D eigenvalue weighted by atomic mass is 35.5. The maximum Gasteiger partial charge on any atom is 0.223 e. The minimum absolute atomic E-state index is 0.0284. The predicted octanol–water partition coefficient (Wildman–Crippen LogP) is 4.04. The number of halogens is 1. The van der Waals surface area contributed by atoms with Crippen molar-refractivity contribution >= 4 is 17.5 Å². The molecule has 2 aromatic rings. The summed E-state index contributed by atoms with van der Waals surface area (Å²) in [6, 6.07) is 13.4. The standard InChI is InChI=1S/C18H20ClNO2/c1-13-9-14(2)11-17(10-13)22-8-7-18(21)20-12-15-3-5-16(19)6-4-15/h3-6,9-11H,7-8,12H2,1-2H3,(H,20,21). The lowest BCUT2D eigenvalue weighted by Crippen LogP contribution is -2.24. The van der Waals surface area contributed by atoms with Crippen molar-refractivity contribution in [3.8, 4) is 5.75 Å². The Balaban J connectivity index is 1.72. The van der Waals surface area contributed by atoms with E-state index in [1.807, 2.05) is 50.2 Å². The van der Waals surface area contributed by atoms with Crippen molar-refractivity contribution < 1.29 is 9.53 Å². The van der Waals surface area contributed by atoms with Crippen LogP contribution in [-0.4, -0.2) is 12.5 Å². The number of rotatable bonds is 6. The number of hydrogen-bond acceptors (Lipinski definition) is 2. The molecule has 0 aromatic heterocycles. The van der Waals surface area contributed by atoms with Crippen LogP contribution in [0.15, 0.2) is 42.5 Å². The largest absolute Gasteiger partial charge is 0.493 e. The number of amides is 1. The van der Waals surface area contributed by atoms with Gasteiger partial charge in [0.2, 0.25) is 5.91 Å². The van der Waals surface area contributed by atoms with Crippen molar-refractivity contribution in [1.82, 2.24) is 5.32 Å². The van der Waals surface area contributed by atoms with Gasteiger partial charge in [-0.15, -0.1) is 0 Å². The lowest BCUT2D eigenvalue weighted by molar-refractivity contribution is -0.121. The molecule has 0 fully saturated rings. The fourth-order valence-electron chi connectivity index (χ4n) is 2.17. The molecule has 0 bridgehead atoms. The summed E-state index contributed by atoms with van der Waals surface area (Å²) in [7, 11) is 0. The zero-order chi connectivity index (χ0) is 15.9. The van der Waals surface area contributed by atoms with E-state index in [2.05, 4.69) is 11.4 Å². The van der Waals surface area contributed by atoms with Crippen LogP contribution in [0.4, 0.5) is 0 Å². The molecule has 0 unspecified atom stereocenters. The molecule has 0 atom stereocenters. The molecule has 22 heavy (non-hydrogen) atoms. The van der Waals surface area contributed by atoms with E-state index >= 15 is 0 Å². The van der Waals surface area contributed by atoms with Gasteiger partial charge >= 0.3 is 0 Å². The van der Waals surface area contributed by atoms with E-state index in [1.54, 1.807) is 0 Å². The average molecular weight is 318 g/mol. The number of hydrogen-bond donors (Lipinski definition) is 1. The summed E-state index contributed by atoms with van der Waals surface area (Å²) >= 11 is 5.82. The second-order valence-electron chi connectivity index (χ2n) is 5.33. The van der Waals surface area contributed by atoms with Gasteiger partial charge < -0.3 is 10.1 Å². The quantitative estimate of drug-likeness (QED) is 0.873. The van der Waals surface area contributed by atoms with Crippen LogP contribution < -0.4 is 10.1 Å². The molecule has 0 aliphatic heterocycles. The Labute approximate surface area is 136 Å². The molecule has 0 saturated carbocycles. The van der Waals surface area contributed by atoms with Crippen molar-refractivity contribution in [3.05, 3.63) is 64.2 Å². The summed E-state index contributed by atoms with van der Waals surface area (Å²) in [6.07, 6.45) is 0.334. The third-order valence-electron chi connectivity index (χ3n) is 3.20. The first-order valence-electron chi connectivity index (χ1n) is 7.25. The number of carbonyl (C=O) groups is 1. The topological polar surface area (TPSA) is 38.3 Å². The first kappa shape index (κ1) is 16.4. The van der Waals surface area contributed by atoms with Crippen LogP contribution in [0.1, 0.15) is 23.1 Å². The Hall–Kier alpha value is -2.00. The molecule has 0 aliphatic rings. The zero-order valence-corrected chi connectivity index (χ0v) is 13.6. The van der Waals surface area contributed by atoms with Gasteiger partial charge in [0.1, 0.15) is 5.75 Å². The average Bonchev–Trinajstić information content (AvgIpc) is 2.46. The molecule has 0 spiro atoms. The molecule has 0 saturated heterocycles. The van der Waals surface area contributed by atoms with Crippen LogP contribution in [0.25, 0.3) is 0 Å². The van der Waals surface area contributed by atoms with Gasteiger partial charge in [-0.3, -0.25) is 4.79 Å².